The van der Waals surface area contributed by atoms with E-state index in [1.54, 1.807) is 0 Å². The Kier molecular flexibility index (Phi) is 2.69. The fourth-order valence-electron chi connectivity index (χ4n) is 4.06. The molecular weight excluding hydrogens is 248 g/mol. The van der Waals surface area contributed by atoms with Gasteiger partial charge >= 0.3 is 0 Å². The van der Waals surface area contributed by atoms with E-state index in [0.29, 0.717) is 11.8 Å². The molecule has 0 amide bonds. The van der Waals surface area contributed by atoms with Crippen LogP contribution in [0.3, 0.4) is 0 Å². The second-order valence-electron chi connectivity index (χ2n) is 5.97. The van der Waals surface area contributed by atoms with Crippen molar-refractivity contribution in [3.05, 3.63) is 70.8 Å². The maximum atomic E-state index is 10.3. The Hall–Kier alpha value is -1.64. The molecule has 0 aliphatic heterocycles. The number of aliphatic hydroxyl groups excluding tert-OH is 2. The lowest BCUT2D eigenvalue weighted by molar-refractivity contribution is 0.153. The quantitative estimate of drug-likeness (QED) is 0.830. The molecule has 4 rings (SSSR count). The molecule has 0 fully saturated rings. The van der Waals surface area contributed by atoms with Crippen molar-refractivity contribution in [2.45, 2.75) is 36.9 Å². The number of benzene rings is 2. The van der Waals surface area contributed by atoms with Crippen LogP contribution in [0.1, 0.15) is 59.1 Å². The SMILES string of the molecule is O[C@@H]1C[C@H]([C@@H]2C[C@H](O)c3ccccc32)c2ccccc21. The van der Waals surface area contributed by atoms with Crippen molar-refractivity contribution < 1.29 is 10.2 Å². The molecule has 2 heteroatoms. The van der Waals surface area contributed by atoms with Crippen molar-refractivity contribution in [3.8, 4) is 0 Å². The second-order valence-corrected chi connectivity index (χ2v) is 5.97. The first kappa shape index (κ1) is 12.1. The monoisotopic (exact) mass is 266 g/mol. The van der Waals surface area contributed by atoms with Gasteiger partial charge in [-0.3, -0.25) is 0 Å². The average Bonchev–Trinajstić information content (AvgIpc) is 2.99. The maximum absolute atomic E-state index is 10.3. The fraction of sp³-hybridized carbons (Fsp3) is 0.333. The van der Waals surface area contributed by atoms with Gasteiger partial charge in [-0.15, -0.1) is 0 Å². The van der Waals surface area contributed by atoms with E-state index in [-0.39, 0.29) is 12.2 Å². The number of aliphatic hydroxyl groups is 2. The van der Waals surface area contributed by atoms with Crippen molar-refractivity contribution in [2.24, 2.45) is 0 Å². The summed E-state index contributed by atoms with van der Waals surface area (Å²) in [5, 5.41) is 20.5. The normalized spacial score (nSPS) is 31.1. The van der Waals surface area contributed by atoms with Crippen LogP contribution in [0, 0.1) is 0 Å². The molecule has 2 aromatic carbocycles. The number of hydrogen-bond acceptors (Lipinski definition) is 2. The highest BCUT2D eigenvalue weighted by molar-refractivity contribution is 5.44. The summed E-state index contributed by atoms with van der Waals surface area (Å²) in [7, 11) is 0. The third kappa shape index (κ3) is 1.65. The Morgan fingerprint density at radius 3 is 1.35 bits per heavy atom. The smallest absolute Gasteiger partial charge is 0.0798 e. The van der Waals surface area contributed by atoms with Gasteiger partial charge in [-0.2, -0.15) is 0 Å². The van der Waals surface area contributed by atoms with Crippen molar-refractivity contribution in [2.75, 3.05) is 0 Å². The molecule has 2 N–H and O–H groups in total. The van der Waals surface area contributed by atoms with Crippen LogP contribution < -0.4 is 0 Å². The molecule has 20 heavy (non-hydrogen) atoms. The summed E-state index contributed by atoms with van der Waals surface area (Å²) in [5.41, 5.74) is 4.65. The molecule has 0 bridgehead atoms. The minimum atomic E-state index is -0.360. The summed E-state index contributed by atoms with van der Waals surface area (Å²) in [5.74, 6) is 0.638. The highest BCUT2D eigenvalue weighted by Crippen LogP contribution is 2.54. The van der Waals surface area contributed by atoms with E-state index in [1.807, 2.05) is 36.4 Å². The standard InChI is InChI=1S/C18H18O2/c19-17-9-15(11-5-1-3-7-13(11)17)16-10-18(20)14-8-4-2-6-12(14)16/h1-8,15-20H,9-10H2/t15-,16+,17+,18-. The van der Waals surface area contributed by atoms with Crippen LogP contribution in [0.25, 0.3) is 0 Å². The predicted octanol–water partition coefficient (Wildman–Crippen LogP) is 3.43. The molecule has 2 nitrogen and oxygen atoms in total. The first-order valence-electron chi connectivity index (χ1n) is 7.29. The third-order valence-corrected chi connectivity index (χ3v) is 4.95. The first-order chi connectivity index (χ1) is 9.75. The van der Waals surface area contributed by atoms with E-state index < -0.39 is 0 Å². The molecule has 102 valence electrons. The predicted molar refractivity (Wildman–Crippen MR) is 77.5 cm³/mol. The van der Waals surface area contributed by atoms with Crippen LogP contribution >= 0.6 is 0 Å². The number of rotatable bonds is 1. The van der Waals surface area contributed by atoms with Gasteiger partial charge in [0.2, 0.25) is 0 Å². The van der Waals surface area contributed by atoms with E-state index >= 15 is 0 Å². The Bertz CT molecular complexity index is 592. The summed E-state index contributed by atoms with van der Waals surface area (Å²) >= 11 is 0. The lowest BCUT2D eigenvalue weighted by atomic mass is 9.83. The van der Waals surface area contributed by atoms with Crippen LogP contribution in [-0.4, -0.2) is 10.2 Å². The lowest BCUT2D eigenvalue weighted by Crippen LogP contribution is -2.06. The van der Waals surface area contributed by atoms with E-state index in [1.165, 1.54) is 11.1 Å². The van der Waals surface area contributed by atoms with Gasteiger partial charge in [0, 0.05) is 0 Å². The van der Waals surface area contributed by atoms with E-state index in [9.17, 15) is 10.2 Å². The Balaban J connectivity index is 1.78. The van der Waals surface area contributed by atoms with Gasteiger partial charge in [-0.1, -0.05) is 48.5 Å². The molecule has 2 aromatic rings. The number of fused-ring (bicyclic) bond motifs is 2. The van der Waals surface area contributed by atoms with Gasteiger partial charge in [-0.25, -0.2) is 0 Å². The molecule has 4 atom stereocenters. The fourth-order valence-corrected chi connectivity index (χ4v) is 4.06. The van der Waals surface area contributed by atoms with Crippen LogP contribution in [0.4, 0.5) is 0 Å². The summed E-state index contributed by atoms with van der Waals surface area (Å²) in [6, 6.07) is 16.4. The van der Waals surface area contributed by atoms with Gasteiger partial charge < -0.3 is 10.2 Å². The second kappa shape index (κ2) is 4.44. The molecule has 0 radical (unpaired) electrons. The van der Waals surface area contributed by atoms with Crippen molar-refractivity contribution in [3.63, 3.8) is 0 Å². The molecule has 0 aromatic heterocycles. The van der Waals surface area contributed by atoms with E-state index in [0.717, 1.165) is 24.0 Å². The summed E-state index contributed by atoms with van der Waals surface area (Å²) in [6.07, 6.45) is 0.818. The lowest BCUT2D eigenvalue weighted by Gasteiger charge is -2.20. The van der Waals surface area contributed by atoms with Crippen molar-refractivity contribution in [1.82, 2.24) is 0 Å². The highest BCUT2D eigenvalue weighted by atomic mass is 16.3. The van der Waals surface area contributed by atoms with E-state index in [2.05, 4.69) is 12.1 Å². The molecule has 0 spiro atoms. The van der Waals surface area contributed by atoms with Crippen LogP contribution in [0.2, 0.25) is 0 Å². The largest absolute Gasteiger partial charge is 0.388 e. The molecular formula is C18H18O2. The van der Waals surface area contributed by atoms with Gasteiger partial charge in [0.15, 0.2) is 0 Å². The van der Waals surface area contributed by atoms with Crippen LogP contribution in [-0.2, 0) is 0 Å². The Morgan fingerprint density at radius 1 is 0.600 bits per heavy atom. The Morgan fingerprint density at radius 2 is 0.950 bits per heavy atom. The molecule has 0 heterocycles. The third-order valence-electron chi connectivity index (χ3n) is 4.95. The molecule has 2 aliphatic rings. The zero-order valence-corrected chi connectivity index (χ0v) is 11.2. The Labute approximate surface area is 118 Å². The highest BCUT2D eigenvalue weighted by Gasteiger charge is 2.40. The van der Waals surface area contributed by atoms with Crippen molar-refractivity contribution >= 4 is 0 Å². The van der Waals surface area contributed by atoms with Gasteiger partial charge in [0.05, 0.1) is 12.2 Å². The van der Waals surface area contributed by atoms with Crippen LogP contribution in [0.5, 0.6) is 0 Å². The number of hydrogen-bond donors (Lipinski definition) is 2. The summed E-state index contributed by atoms with van der Waals surface area (Å²) < 4.78 is 0. The first-order valence-corrected chi connectivity index (χ1v) is 7.29. The molecule has 0 unspecified atom stereocenters. The van der Waals surface area contributed by atoms with Gasteiger partial charge in [0.1, 0.15) is 0 Å². The molecule has 0 saturated carbocycles. The minimum absolute atomic E-state index is 0.319. The van der Waals surface area contributed by atoms with Gasteiger partial charge in [-0.05, 0) is 46.9 Å². The zero-order valence-electron chi connectivity index (χ0n) is 11.2. The van der Waals surface area contributed by atoms with Crippen molar-refractivity contribution in [1.29, 1.82) is 0 Å². The molecule has 0 saturated heterocycles. The average molecular weight is 266 g/mol. The molecule has 2 aliphatic carbocycles. The topological polar surface area (TPSA) is 40.5 Å². The van der Waals surface area contributed by atoms with E-state index in [4.69, 9.17) is 0 Å². The zero-order chi connectivity index (χ0) is 13.7. The maximum Gasteiger partial charge on any atom is 0.0798 e. The van der Waals surface area contributed by atoms with Crippen LogP contribution in [0.15, 0.2) is 48.5 Å². The summed E-state index contributed by atoms with van der Waals surface area (Å²) in [4.78, 5) is 0. The van der Waals surface area contributed by atoms with Gasteiger partial charge in [0.25, 0.3) is 0 Å². The minimum Gasteiger partial charge on any atom is -0.388 e. The summed E-state index contributed by atoms with van der Waals surface area (Å²) in [6.45, 7) is 0.